The SMILES string of the molecule is [2H]c1c([2H])c([2H])c(C2OCCNC2C)c([2H])c1[2H]. The fraction of sp³-hybridized carbons (Fsp3) is 0.455. The maximum atomic E-state index is 7.88. The maximum Gasteiger partial charge on any atom is 0.0975 e. The Morgan fingerprint density at radius 1 is 1.46 bits per heavy atom. The van der Waals surface area contributed by atoms with E-state index < -0.39 is 6.10 Å². The first kappa shape index (κ1) is 4.58. The zero-order valence-electron chi connectivity index (χ0n) is 12.5. The molecule has 0 aromatic heterocycles. The van der Waals surface area contributed by atoms with Crippen LogP contribution in [-0.2, 0) is 4.74 Å². The average Bonchev–Trinajstić information content (AvgIpc) is 2.36. The lowest BCUT2D eigenvalue weighted by molar-refractivity contribution is -0.000221. The molecule has 2 unspecified atom stereocenters. The molecular formula is C11H15NO. The molecule has 1 fully saturated rings. The summed E-state index contributed by atoms with van der Waals surface area (Å²) in [7, 11) is 0. The minimum Gasteiger partial charge on any atom is -0.371 e. The summed E-state index contributed by atoms with van der Waals surface area (Å²) in [5.41, 5.74) is 0.237. The van der Waals surface area contributed by atoms with Crippen LogP contribution in [0.3, 0.4) is 0 Å². The lowest BCUT2D eigenvalue weighted by Crippen LogP contribution is -2.41. The molecule has 2 nitrogen and oxygen atoms in total. The van der Waals surface area contributed by atoms with E-state index in [1.54, 1.807) is 0 Å². The molecule has 1 heterocycles. The van der Waals surface area contributed by atoms with E-state index in [-0.39, 0.29) is 41.8 Å². The van der Waals surface area contributed by atoms with E-state index in [9.17, 15) is 0 Å². The molecule has 0 saturated carbocycles. The Hall–Kier alpha value is -0.860. The van der Waals surface area contributed by atoms with Crippen LogP contribution in [0.4, 0.5) is 0 Å². The number of hydrogen-bond acceptors (Lipinski definition) is 2. The molecule has 0 bridgehead atoms. The van der Waals surface area contributed by atoms with Crippen molar-refractivity contribution in [1.82, 2.24) is 5.32 Å². The van der Waals surface area contributed by atoms with Crippen LogP contribution in [0.25, 0.3) is 0 Å². The van der Waals surface area contributed by atoms with E-state index >= 15 is 0 Å². The first-order chi connectivity index (χ1) is 8.45. The lowest BCUT2D eigenvalue weighted by Gasteiger charge is -2.30. The smallest absolute Gasteiger partial charge is 0.0975 e. The molecule has 0 spiro atoms. The number of hydrogen-bond donors (Lipinski definition) is 1. The summed E-state index contributed by atoms with van der Waals surface area (Å²) in [6.45, 7) is 3.05. The zero-order chi connectivity index (χ0) is 13.4. The number of nitrogens with one attached hydrogen (secondary N) is 1. The van der Waals surface area contributed by atoms with Crippen LogP contribution in [0.15, 0.2) is 30.2 Å². The summed E-state index contributed by atoms with van der Waals surface area (Å²) in [5.74, 6) is 0. The average molecular weight is 182 g/mol. The largest absolute Gasteiger partial charge is 0.371 e. The van der Waals surface area contributed by atoms with Gasteiger partial charge in [0.25, 0.3) is 0 Å². The van der Waals surface area contributed by atoms with Gasteiger partial charge in [0.2, 0.25) is 0 Å². The molecule has 1 N–H and O–H groups in total. The van der Waals surface area contributed by atoms with Gasteiger partial charge in [-0.25, -0.2) is 0 Å². The van der Waals surface area contributed by atoms with Gasteiger partial charge < -0.3 is 10.1 Å². The van der Waals surface area contributed by atoms with Crippen molar-refractivity contribution in [2.45, 2.75) is 19.1 Å². The second kappa shape index (κ2) is 3.90. The molecule has 0 amide bonds. The van der Waals surface area contributed by atoms with Gasteiger partial charge in [-0.1, -0.05) is 30.2 Å². The molecule has 70 valence electrons. The zero-order valence-corrected chi connectivity index (χ0v) is 7.48. The Balaban J connectivity index is 2.56. The van der Waals surface area contributed by atoms with Crippen LogP contribution in [0, 0.1) is 0 Å². The van der Waals surface area contributed by atoms with Gasteiger partial charge in [-0.15, -0.1) is 0 Å². The highest BCUT2D eigenvalue weighted by Gasteiger charge is 2.22. The van der Waals surface area contributed by atoms with E-state index in [0.717, 1.165) is 0 Å². The molecule has 2 heteroatoms. The fourth-order valence-corrected chi connectivity index (χ4v) is 1.46. The third-order valence-electron chi connectivity index (χ3n) is 2.12. The Kier molecular flexibility index (Phi) is 1.37. The minimum absolute atomic E-state index is 0.0812. The number of benzene rings is 1. The van der Waals surface area contributed by atoms with Crippen molar-refractivity contribution in [1.29, 1.82) is 0 Å². The van der Waals surface area contributed by atoms with Crippen molar-refractivity contribution in [2.75, 3.05) is 13.2 Å². The Labute approximate surface area is 85.9 Å². The predicted molar refractivity (Wildman–Crippen MR) is 52.6 cm³/mol. The van der Waals surface area contributed by atoms with Crippen LogP contribution in [0.2, 0.25) is 0 Å². The molecular weight excluding hydrogens is 162 g/mol. The normalized spacial score (nSPS) is 34.1. The van der Waals surface area contributed by atoms with Crippen molar-refractivity contribution in [2.24, 2.45) is 0 Å². The molecule has 1 aromatic rings. The van der Waals surface area contributed by atoms with Crippen LogP contribution < -0.4 is 5.32 Å². The van der Waals surface area contributed by atoms with Crippen LogP contribution in [0.1, 0.15) is 25.4 Å². The molecule has 0 aliphatic carbocycles. The standard InChI is InChI=1S/C11H15NO/c1-9-11(13-8-7-12-9)10-5-3-2-4-6-10/h2-6,9,11-12H,7-8H2,1H3/i2D,3D,4D,5D,6D. The summed E-state index contributed by atoms with van der Waals surface area (Å²) >= 11 is 0. The molecule has 13 heavy (non-hydrogen) atoms. The van der Waals surface area contributed by atoms with Crippen LogP contribution >= 0.6 is 0 Å². The van der Waals surface area contributed by atoms with Crippen molar-refractivity contribution in [3.8, 4) is 0 Å². The first-order valence-corrected chi connectivity index (χ1v) is 4.37. The van der Waals surface area contributed by atoms with Gasteiger partial charge in [0, 0.05) is 12.6 Å². The summed E-state index contributed by atoms with van der Waals surface area (Å²) in [5, 5.41) is 3.18. The summed E-state index contributed by atoms with van der Waals surface area (Å²) < 4.78 is 44.1. The second-order valence-electron chi connectivity index (χ2n) is 3.07. The lowest BCUT2D eigenvalue weighted by atomic mass is 10.0. The molecule has 1 saturated heterocycles. The minimum atomic E-state index is -0.507. The van der Waals surface area contributed by atoms with Crippen molar-refractivity contribution < 1.29 is 11.6 Å². The molecule has 1 aliphatic rings. The van der Waals surface area contributed by atoms with Gasteiger partial charge >= 0.3 is 0 Å². The Bertz CT molecular complexity index is 450. The molecule has 2 rings (SSSR count). The van der Waals surface area contributed by atoms with Crippen molar-refractivity contribution >= 4 is 0 Å². The van der Waals surface area contributed by atoms with E-state index in [1.807, 2.05) is 6.92 Å². The van der Waals surface area contributed by atoms with Gasteiger partial charge in [0.15, 0.2) is 0 Å². The maximum absolute atomic E-state index is 7.88. The molecule has 0 radical (unpaired) electrons. The summed E-state index contributed by atoms with van der Waals surface area (Å²) in [4.78, 5) is 0. The summed E-state index contributed by atoms with van der Waals surface area (Å²) in [6, 6.07) is -1.43. The van der Waals surface area contributed by atoms with E-state index in [2.05, 4.69) is 5.32 Å². The van der Waals surface area contributed by atoms with E-state index in [1.165, 1.54) is 0 Å². The van der Waals surface area contributed by atoms with Crippen molar-refractivity contribution in [3.05, 3.63) is 35.8 Å². The van der Waals surface area contributed by atoms with Gasteiger partial charge in [0.1, 0.15) is 0 Å². The molecule has 2 atom stereocenters. The third kappa shape index (κ3) is 1.90. The Morgan fingerprint density at radius 3 is 2.92 bits per heavy atom. The predicted octanol–water partition coefficient (Wildman–Crippen LogP) is 1.74. The second-order valence-corrected chi connectivity index (χ2v) is 3.07. The number of morpholine rings is 1. The van der Waals surface area contributed by atoms with Gasteiger partial charge in [-0.2, -0.15) is 0 Å². The quantitative estimate of drug-likeness (QED) is 0.714. The number of ether oxygens (including phenoxy) is 1. The Morgan fingerprint density at radius 2 is 2.23 bits per heavy atom. The topological polar surface area (TPSA) is 21.3 Å². The van der Waals surface area contributed by atoms with Gasteiger partial charge in [-0.05, 0) is 12.5 Å². The number of rotatable bonds is 1. The van der Waals surface area contributed by atoms with E-state index in [0.29, 0.717) is 13.2 Å². The summed E-state index contributed by atoms with van der Waals surface area (Å²) in [6.07, 6.45) is -0.507. The monoisotopic (exact) mass is 182 g/mol. The third-order valence-corrected chi connectivity index (χ3v) is 2.12. The first-order valence-electron chi connectivity index (χ1n) is 6.87. The fourth-order valence-electron chi connectivity index (χ4n) is 1.46. The highest BCUT2D eigenvalue weighted by atomic mass is 16.5. The van der Waals surface area contributed by atoms with Gasteiger partial charge in [0.05, 0.1) is 19.6 Å². The molecule has 1 aromatic carbocycles. The molecule has 1 aliphatic heterocycles. The van der Waals surface area contributed by atoms with Crippen LogP contribution in [-0.4, -0.2) is 19.2 Å². The van der Waals surface area contributed by atoms with E-state index in [4.69, 9.17) is 11.6 Å². The highest BCUT2D eigenvalue weighted by molar-refractivity contribution is 5.19. The van der Waals surface area contributed by atoms with Crippen LogP contribution in [0.5, 0.6) is 0 Å². The highest BCUT2D eigenvalue weighted by Crippen LogP contribution is 2.22. The van der Waals surface area contributed by atoms with Crippen molar-refractivity contribution in [3.63, 3.8) is 0 Å². The van der Waals surface area contributed by atoms with Gasteiger partial charge in [-0.3, -0.25) is 0 Å².